The van der Waals surface area contributed by atoms with E-state index in [1.165, 1.54) is 302 Å². The smallest absolute Gasteiger partial charge is 0.305 e. The van der Waals surface area contributed by atoms with E-state index in [0.29, 0.717) is 25.9 Å². The lowest BCUT2D eigenvalue weighted by Gasteiger charge is -2.22. The Morgan fingerprint density at radius 2 is 0.641 bits per heavy atom. The average Bonchev–Trinajstić information content (AvgIpc) is 3.44. The third-order valence-electron chi connectivity index (χ3n) is 16.4. The Balaban J connectivity index is 3.33. The van der Waals surface area contributed by atoms with Crippen LogP contribution in [0.15, 0.2) is 36.5 Å². The van der Waals surface area contributed by atoms with Gasteiger partial charge in [0.2, 0.25) is 5.91 Å². The lowest BCUT2D eigenvalue weighted by Crippen LogP contribution is -2.45. The summed E-state index contributed by atoms with van der Waals surface area (Å²) >= 11 is 0. The highest BCUT2D eigenvalue weighted by Crippen LogP contribution is 2.18. The molecule has 2 atom stereocenters. The fraction of sp³-hybridized carbons (Fsp3) is 0.889. The Morgan fingerprint density at radius 1 is 0.359 bits per heavy atom. The summed E-state index contributed by atoms with van der Waals surface area (Å²) in [5.41, 5.74) is 0. The highest BCUT2D eigenvalue weighted by molar-refractivity contribution is 5.76. The molecule has 6 nitrogen and oxygen atoms in total. The van der Waals surface area contributed by atoms with Crippen molar-refractivity contribution in [2.45, 2.75) is 398 Å². The van der Waals surface area contributed by atoms with Gasteiger partial charge in [0.05, 0.1) is 25.4 Å². The number of aliphatic hydroxyl groups excluding tert-OH is 2. The van der Waals surface area contributed by atoms with Gasteiger partial charge in [0.1, 0.15) is 0 Å². The number of ether oxygens (including phenoxy) is 1. The van der Waals surface area contributed by atoms with Crippen LogP contribution in [-0.2, 0) is 14.3 Å². The van der Waals surface area contributed by atoms with Crippen LogP contribution >= 0.6 is 0 Å². The van der Waals surface area contributed by atoms with E-state index in [-0.39, 0.29) is 18.5 Å². The zero-order valence-electron chi connectivity index (χ0n) is 52.7. The molecule has 0 aromatic carbocycles. The van der Waals surface area contributed by atoms with Crippen LogP contribution in [0.5, 0.6) is 0 Å². The Morgan fingerprint density at radius 3 is 1.01 bits per heavy atom. The van der Waals surface area contributed by atoms with Gasteiger partial charge < -0.3 is 20.3 Å². The van der Waals surface area contributed by atoms with Gasteiger partial charge in [-0.1, -0.05) is 326 Å². The van der Waals surface area contributed by atoms with Crippen molar-refractivity contribution in [1.29, 1.82) is 0 Å². The molecule has 460 valence electrons. The van der Waals surface area contributed by atoms with Crippen molar-refractivity contribution in [2.24, 2.45) is 0 Å². The number of unbranched alkanes of at least 4 members (excludes halogenated alkanes) is 49. The number of esters is 1. The topological polar surface area (TPSA) is 95.9 Å². The fourth-order valence-corrected chi connectivity index (χ4v) is 11.0. The number of nitrogens with one attached hydrogen (secondary N) is 1. The number of rotatable bonds is 66. The van der Waals surface area contributed by atoms with Gasteiger partial charge in [-0.2, -0.15) is 0 Å². The molecular formula is C72H137NO5. The summed E-state index contributed by atoms with van der Waals surface area (Å²) in [6.07, 6.45) is 86.5. The minimum absolute atomic E-state index is 0.0103. The molecule has 78 heavy (non-hydrogen) atoms. The molecule has 3 N–H and O–H groups in total. The molecule has 0 rings (SSSR count). The van der Waals surface area contributed by atoms with Gasteiger partial charge in [0.15, 0.2) is 0 Å². The van der Waals surface area contributed by atoms with Crippen LogP contribution < -0.4 is 5.32 Å². The quantitative estimate of drug-likeness (QED) is 0.0320. The summed E-state index contributed by atoms with van der Waals surface area (Å²) < 4.78 is 5.47. The van der Waals surface area contributed by atoms with Gasteiger partial charge in [0, 0.05) is 12.8 Å². The number of hydrogen-bond donors (Lipinski definition) is 3. The van der Waals surface area contributed by atoms with Gasteiger partial charge in [-0.15, -0.1) is 0 Å². The summed E-state index contributed by atoms with van der Waals surface area (Å²) in [5, 5.41) is 23.2. The molecule has 0 fully saturated rings. The first-order valence-electron chi connectivity index (χ1n) is 35.2. The molecule has 0 saturated heterocycles. The van der Waals surface area contributed by atoms with Crippen LogP contribution in [0.1, 0.15) is 386 Å². The van der Waals surface area contributed by atoms with Gasteiger partial charge in [-0.05, 0) is 83.5 Å². The summed E-state index contributed by atoms with van der Waals surface area (Å²) in [6.45, 7) is 4.93. The standard InChI is InChI=1S/C72H137NO5/c1-3-5-7-9-11-13-15-46-50-54-58-62-66-72(77)78-67-63-59-55-51-47-44-42-40-38-36-34-32-30-28-26-24-22-20-18-16-17-19-21-23-25-27-29-31-33-35-37-39-41-43-45-49-53-57-61-65-71(76)73-69(68-74)70(75)64-60-56-52-48-14-12-10-8-6-4-2/h11,13,16-17,20,22,69-70,74-75H,3-10,12,14-15,18-19,21,23-68H2,1-2H3,(H,73,76)/b13-11-,17-16-,22-20-. The zero-order chi connectivity index (χ0) is 56.4. The van der Waals surface area contributed by atoms with E-state index in [1.54, 1.807) is 0 Å². The van der Waals surface area contributed by atoms with Crippen molar-refractivity contribution in [3.05, 3.63) is 36.5 Å². The van der Waals surface area contributed by atoms with Crippen LogP contribution in [0.4, 0.5) is 0 Å². The average molecular weight is 1100 g/mol. The normalized spacial score (nSPS) is 12.7. The van der Waals surface area contributed by atoms with Crippen LogP contribution in [0, 0.1) is 0 Å². The summed E-state index contributed by atoms with van der Waals surface area (Å²) in [7, 11) is 0. The maximum Gasteiger partial charge on any atom is 0.305 e. The lowest BCUT2D eigenvalue weighted by atomic mass is 10.0. The van der Waals surface area contributed by atoms with E-state index < -0.39 is 12.1 Å². The zero-order valence-corrected chi connectivity index (χ0v) is 52.7. The second-order valence-electron chi connectivity index (χ2n) is 24.2. The number of amides is 1. The molecule has 0 saturated carbocycles. The van der Waals surface area contributed by atoms with Gasteiger partial charge in [-0.3, -0.25) is 9.59 Å². The molecule has 0 aromatic rings. The Labute approximate surface area is 487 Å². The van der Waals surface area contributed by atoms with Gasteiger partial charge >= 0.3 is 5.97 Å². The Bertz CT molecular complexity index is 1260. The second-order valence-corrected chi connectivity index (χ2v) is 24.2. The van der Waals surface area contributed by atoms with E-state index in [4.69, 9.17) is 4.74 Å². The molecule has 0 radical (unpaired) electrons. The van der Waals surface area contributed by atoms with E-state index in [1.807, 2.05) is 0 Å². The molecule has 2 unspecified atom stereocenters. The molecular weight excluding hydrogens is 959 g/mol. The van der Waals surface area contributed by atoms with E-state index >= 15 is 0 Å². The number of allylic oxidation sites excluding steroid dienone is 6. The summed E-state index contributed by atoms with van der Waals surface area (Å²) in [4.78, 5) is 24.5. The highest BCUT2D eigenvalue weighted by atomic mass is 16.5. The maximum absolute atomic E-state index is 12.4. The van der Waals surface area contributed by atoms with Gasteiger partial charge in [0.25, 0.3) is 0 Å². The van der Waals surface area contributed by atoms with Crippen molar-refractivity contribution in [2.75, 3.05) is 13.2 Å². The molecule has 0 aliphatic carbocycles. The number of hydrogen-bond acceptors (Lipinski definition) is 5. The number of carbonyl (C=O) groups is 2. The Hall–Kier alpha value is -1.92. The third kappa shape index (κ3) is 63.3. The lowest BCUT2D eigenvalue weighted by molar-refractivity contribution is -0.143. The second kappa shape index (κ2) is 67.6. The molecule has 0 aliphatic rings. The van der Waals surface area contributed by atoms with Crippen LogP contribution in [0.3, 0.4) is 0 Å². The fourth-order valence-electron chi connectivity index (χ4n) is 11.0. The van der Waals surface area contributed by atoms with Crippen molar-refractivity contribution in [3.63, 3.8) is 0 Å². The first kappa shape index (κ1) is 76.1. The largest absolute Gasteiger partial charge is 0.466 e. The molecule has 6 heteroatoms. The molecule has 0 bridgehead atoms. The highest BCUT2D eigenvalue weighted by Gasteiger charge is 2.20. The SMILES string of the molecule is CCCCC/C=C\CCCCCCCC(=O)OCCCCCCCCCCCCCCCCC/C=C\C/C=C\CCCCCCCCCCCCCCCCCCCC(=O)NC(CO)C(O)CCCCCCCCCCCC. The molecule has 0 heterocycles. The molecule has 0 spiro atoms. The summed E-state index contributed by atoms with van der Waals surface area (Å²) in [6, 6.07) is -0.537. The molecule has 0 aromatic heterocycles. The van der Waals surface area contributed by atoms with E-state index in [2.05, 4.69) is 55.6 Å². The van der Waals surface area contributed by atoms with Crippen LogP contribution in [0.25, 0.3) is 0 Å². The maximum atomic E-state index is 12.4. The Kier molecular flexibility index (Phi) is 65.9. The first-order valence-corrected chi connectivity index (χ1v) is 35.2. The van der Waals surface area contributed by atoms with Crippen molar-refractivity contribution in [3.8, 4) is 0 Å². The van der Waals surface area contributed by atoms with E-state index in [9.17, 15) is 19.8 Å². The first-order chi connectivity index (χ1) is 38.5. The van der Waals surface area contributed by atoms with Gasteiger partial charge in [-0.25, -0.2) is 0 Å². The third-order valence-corrected chi connectivity index (χ3v) is 16.4. The van der Waals surface area contributed by atoms with Crippen molar-refractivity contribution < 1.29 is 24.5 Å². The van der Waals surface area contributed by atoms with Crippen molar-refractivity contribution >= 4 is 11.9 Å². The molecule has 1 amide bonds. The van der Waals surface area contributed by atoms with Crippen molar-refractivity contribution in [1.82, 2.24) is 5.32 Å². The number of aliphatic hydroxyl groups is 2. The predicted octanol–water partition coefficient (Wildman–Crippen LogP) is 22.7. The minimum Gasteiger partial charge on any atom is -0.466 e. The van der Waals surface area contributed by atoms with E-state index in [0.717, 1.165) is 51.4 Å². The monoisotopic (exact) mass is 1100 g/mol. The van der Waals surface area contributed by atoms with Crippen LogP contribution in [-0.4, -0.2) is 47.4 Å². The number of carbonyl (C=O) groups excluding carboxylic acids is 2. The summed E-state index contributed by atoms with van der Waals surface area (Å²) in [5.74, 6) is -0.0218. The minimum atomic E-state index is -0.660. The van der Waals surface area contributed by atoms with Crippen LogP contribution in [0.2, 0.25) is 0 Å². The molecule has 0 aliphatic heterocycles. The predicted molar refractivity (Wildman–Crippen MR) is 343 cm³/mol.